The molecule has 0 bridgehead atoms. The van der Waals surface area contributed by atoms with Crippen LogP contribution < -0.4 is 5.32 Å². The fourth-order valence-corrected chi connectivity index (χ4v) is 3.68. The second-order valence-corrected chi connectivity index (χ2v) is 6.36. The molecular formula is C13H21NOS. The third-order valence-electron chi connectivity index (χ3n) is 3.90. The second-order valence-electron chi connectivity index (χ2n) is 5.25. The Bertz CT molecular complexity index is 284. The van der Waals surface area contributed by atoms with Gasteiger partial charge >= 0.3 is 0 Å². The summed E-state index contributed by atoms with van der Waals surface area (Å²) < 4.78 is 5.77. The lowest BCUT2D eigenvalue weighted by atomic mass is 9.57. The van der Waals surface area contributed by atoms with E-state index >= 15 is 0 Å². The van der Waals surface area contributed by atoms with Crippen molar-refractivity contribution in [3.05, 3.63) is 0 Å². The maximum Gasteiger partial charge on any atom is 0.0685 e. The van der Waals surface area contributed by atoms with E-state index < -0.39 is 0 Å². The van der Waals surface area contributed by atoms with Crippen molar-refractivity contribution >= 4 is 11.8 Å². The molecule has 3 heteroatoms. The van der Waals surface area contributed by atoms with Crippen molar-refractivity contribution in [1.29, 1.82) is 0 Å². The number of hydrogen-bond donors (Lipinski definition) is 1. The quantitative estimate of drug-likeness (QED) is 0.583. The largest absolute Gasteiger partial charge is 0.377 e. The van der Waals surface area contributed by atoms with Crippen LogP contribution in [-0.4, -0.2) is 36.8 Å². The molecule has 3 atom stereocenters. The van der Waals surface area contributed by atoms with Gasteiger partial charge in [0, 0.05) is 36.3 Å². The molecule has 2 fully saturated rings. The van der Waals surface area contributed by atoms with Gasteiger partial charge < -0.3 is 10.1 Å². The first-order chi connectivity index (χ1) is 7.68. The van der Waals surface area contributed by atoms with E-state index in [1.165, 1.54) is 6.42 Å². The molecule has 2 rings (SSSR count). The number of terminal acetylenes is 1. The maximum absolute atomic E-state index is 5.77. The van der Waals surface area contributed by atoms with Gasteiger partial charge in [-0.2, -0.15) is 0 Å². The summed E-state index contributed by atoms with van der Waals surface area (Å²) >= 11 is 1.83. The summed E-state index contributed by atoms with van der Waals surface area (Å²) in [6, 6.07) is 0.631. The normalized spacial score (nSPS) is 35.2. The van der Waals surface area contributed by atoms with Gasteiger partial charge in [0.05, 0.1) is 11.9 Å². The minimum atomic E-state index is 0.304. The molecule has 1 aliphatic carbocycles. The van der Waals surface area contributed by atoms with Gasteiger partial charge in [0.2, 0.25) is 0 Å². The highest BCUT2D eigenvalue weighted by Gasteiger charge is 2.58. The molecule has 0 aromatic carbocycles. The Kier molecular flexibility index (Phi) is 3.84. The molecular weight excluding hydrogens is 218 g/mol. The van der Waals surface area contributed by atoms with E-state index in [-0.39, 0.29) is 0 Å². The molecule has 1 saturated heterocycles. The smallest absolute Gasteiger partial charge is 0.0685 e. The third-order valence-corrected chi connectivity index (χ3v) is 4.76. The van der Waals surface area contributed by atoms with Crippen molar-refractivity contribution in [2.24, 2.45) is 11.3 Å². The monoisotopic (exact) mass is 239 g/mol. The molecule has 2 aliphatic rings. The molecule has 0 aromatic rings. The van der Waals surface area contributed by atoms with Crippen LogP contribution in [0.2, 0.25) is 0 Å². The van der Waals surface area contributed by atoms with Crippen LogP contribution in [-0.2, 0) is 4.74 Å². The van der Waals surface area contributed by atoms with Gasteiger partial charge in [0.15, 0.2) is 0 Å². The fourth-order valence-electron chi connectivity index (χ4n) is 3.16. The SMILES string of the molecule is C#CCSCCNC1C2CCOC2C1(C)C. The number of nitrogens with one attached hydrogen (secondary N) is 1. The van der Waals surface area contributed by atoms with Crippen molar-refractivity contribution in [2.75, 3.05) is 24.7 Å². The van der Waals surface area contributed by atoms with Crippen LogP contribution >= 0.6 is 11.8 Å². The molecule has 0 amide bonds. The van der Waals surface area contributed by atoms with Crippen molar-refractivity contribution in [3.63, 3.8) is 0 Å². The Morgan fingerprint density at radius 1 is 1.56 bits per heavy atom. The lowest BCUT2D eigenvalue weighted by molar-refractivity contribution is -0.111. The van der Waals surface area contributed by atoms with Crippen molar-refractivity contribution in [2.45, 2.75) is 32.4 Å². The number of ether oxygens (including phenoxy) is 1. The zero-order valence-electron chi connectivity index (χ0n) is 10.2. The van der Waals surface area contributed by atoms with E-state index in [2.05, 4.69) is 25.1 Å². The van der Waals surface area contributed by atoms with Crippen molar-refractivity contribution < 1.29 is 4.74 Å². The van der Waals surface area contributed by atoms with Gasteiger partial charge in [-0.25, -0.2) is 0 Å². The molecule has 1 N–H and O–H groups in total. The molecule has 90 valence electrons. The number of fused-ring (bicyclic) bond motifs is 1. The summed E-state index contributed by atoms with van der Waals surface area (Å²) in [4.78, 5) is 0. The van der Waals surface area contributed by atoms with Crippen LogP contribution in [0.4, 0.5) is 0 Å². The van der Waals surface area contributed by atoms with E-state index in [9.17, 15) is 0 Å². The zero-order valence-corrected chi connectivity index (χ0v) is 11.0. The Hall–Kier alpha value is -0.170. The highest BCUT2D eigenvalue weighted by atomic mass is 32.2. The molecule has 0 radical (unpaired) electrons. The Balaban J connectivity index is 1.72. The van der Waals surface area contributed by atoms with Gasteiger partial charge in [-0.3, -0.25) is 0 Å². The number of rotatable bonds is 5. The Morgan fingerprint density at radius 2 is 2.38 bits per heavy atom. The molecule has 1 aliphatic heterocycles. The van der Waals surface area contributed by atoms with Crippen LogP contribution in [0.3, 0.4) is 0 Å². The van der Waals surface area contributed by atoms with Gasteiger partial charge in [-0.1, -0.05) is 19.8 Å². The van der Waals surface area contributed by atoms with Crippen LogP contribution in [0.5, 0.6) is 0 Å². The van der Waals surface area contributed by atoms with Crippen LogP contribution in [0.1, 0.15) is 20.3 Å². The lowest BCUT2D eigenvalue weighted by Crippen LogP contribution is -2.66. The molecule has 2 nitrogen and oxygen atoms in total. The lowest BCUT2D eigenvalue weighted by Gasteiger charge is -2.55. The second kappa shape index (κ2) is 5.00. The molecule has 1 saturated carbocycles. The maximum atomic E-state index is 5.77. The topological polar surface area (TPSA) is 21.3 Å². The zero-order chi connectivity index (χ0) is 11.6. The average Bonchev–Trinajstić information content (AvgIpc) is 2.69. The molecule has 0 aromatic heterocycles. The molecule has 3 unspecified atom stereocenters. The molecule has 0 spiro atoms. The summed E-state index contributed by atoms with van der Waals surface area (Å²) in [5, 5.41) is 3.67. The third kappa shape index (κ3) is 2.11. The fraction of sp³-hybridized carbons (Fsp3) is 0.846. The van der Waals surface area contributed by atoms with Gasteiger partial charge in [0.25, 0.3) is 0 Å². The van der Waals surface area contributed by atoms with Crippen LogP contribution in [0.15, 0.2) is 0 Å². The highest BCUT2D eigenvalue weighted by Crippen LogP contribution is 2.51. The van der Waals surface area contributed by atoms with Gasteiger partial charge in [-0.15, -0.1) is 18.2 Å². The van der Waals surface area contributed by atoms with Crippen molar-refractivity contribution in [1.82, 2.24) is 5.32 Å². The Labute approximate surface area is 103 Å². The highest BCUT2D eigenvalue weighted by molar-refractivity contribution is 7.99. The first kappa shape index (κ1) is 12.3. The van der Waals surface area contributed by atoms with Gasteiger partial charge in [-0.05, 0) is 6.42 Å². The van der Waals surface area contributed by atoms with E-state index in [1.807, 2.05) is 11.8 Å². The van der Waals surface area contributed by atoms with Crippen LogP contribution in [0, 0.1) is 23.7 Å². The summed E-state index contributed by atoms with van der Waals surface area (Å²) in [7, 11) is 0. The summed E-state index contributed by atoms with van der Waals surface area (Å²) in [5.74, 6) is 5.33. The van der Waals surface area contributed by atoms with E-state index in [0.29, 0.717) is 17.6 Å². The number of hydrogen-bond acceptors (Lipinski definition) is 3. The summed E-state index contributed by atoms with van der Waals surface area (Å²) in [6.45, 7) is 6.63. The Morgan fingerprint density at radius 3 is 3.12 bits per heavy atom. The molecule has 1 heterocycles. The predicted molar refractivity (Wildman–Crippen MR) is 69.6 cm³/mol. The van der Waals surface area contributed by atoms with E-state index in [1.54, 1.807) is 0 Å². The summed E-state index contributed by atoms with van der Waals surface area (Å²) in [5.41, 5.74) is 0.304. The first-order valence-electron chi connectivity index (χ1n) is 6.04. The summed E-state index contributed by atoms with van der Waals surface area (Å²) in [6.07, 6.45) is 6.93. The average molecular weight is 239 g/mol. The van der Waals surface area contributed by atoms with E-state index in [4.69, 9.17) is 11.2 Å². The minimum Gasteiger partial charge on any atom is -0.377 e. The standard InChI is InChI=1S/C13H21NOS/c1-4-8-16-9-6-14-11-10-5-7-15-12(10)13(11,2)3/h1,10-12,14H,5-9H2,2-3H3. The number of thioether (sulfide) groups is 1. The predicted octanol–water partition coefficient (Wildman–Crippen LogP) is 1.76. The first-order valence-corrected chi connectivity index (χ1v) is 7.19. The minimum absolute atomic E-state index is 0.304. The van der Waals surface area contributed by atoms with E-state index in [0.717, 1.165) is 30.6 Å². The van der Waals surface area contributed by atoms with Gasteiger partial charge in [0.1, 0.15) is 0 Å². The van der Waals surface area contributed by atoms with Crippen LogP contribution in [0.25, 0.3) is 0 Å². The van der Waals surface area contributed by atoms with Crippen molar-refractivity contribution in [3.8, 4) is 12.3 Å². The molecule has 16 heavy (non-hydrogen) atoms.